The predicted molar refractivity (Wildman–Crippen MR) is 90.5 cm³/mol. The van der Waals surface area contributed by atoms with Crippen molar-refractivity contribution in [3.05, 3.63) is 75.3 Å². The van der Waals surface area contributed by atoms with E-state index in [2.05, 4.69) is 0 Å². The zero-order valence-electron chi connectivity index (χ0n) is 12.8. The van der Waals surface area contributed by atoms with E-state index >= 15 is 0 Å². The molecule has 0 fully saturated rings. The van der Waals surface area contributed by atoms with Crippen LogP contribution in [0.5, 0.6) is 0 Å². The quantitative estimate of drug-likeness (QED) is 0.675. The number of hydrogen-bond acceptors (Lipinski definition) is 3. The second-order valence-corrected chi connectivity index (χ2v) is 5.54. The van der Waals surface area contributed by atoms with Gasteiger partial charge in [0, 0.05) is 22.3 Å². The summed E-state index contributed by atoms with van der Waals surface area (Å²) in [5.41, 5.74) is 0.593. The van der Waals surface area contributed by atoms with Gasteiger partial charge in [-0.25, -0.2) is 9.18 Å². The first-order chi connectivity index (χ1) is 11.5. The van der Waals surface area contributed by atoms with Crippen LogP contribution in [-0.2, 0) is 4.74 Å². The lowest BCUT2D eigenvalue weighted by atomic mass is 10.1. The standard InChI is InChI=1S/C18H13ClFNO3/c1-2-24-18(23)15-10-21(13-6-4-12(20)5-7-13)16-9-11(19)3-8-14(16)17(15)22/h3-10H,2H2,1H3. The van der Waals surface area contributed by atoms with Crippen LogP contribution >= 0.6 is 11.6 Å². The lowest BCUT2D eigenvalue weighted by molar-refractivity contribution is 0.0524. The number of rotatable bonds is 3. The topological polar surface area (TPSA) is 48.3 Å². The van der Waals surface area contributed by atoms with Crippen LogP contribution in [0.15, 0.2) is 53.5 Å². The van der Waals surface area contributed by atoms with Gasteiger partial charge in [-0.1, -0.05) is 11.6 Å². The average Bonchev–Trinajstić information content (AvgIpc) is 2.56. The fraction of sp³-hybridized carbons (Fsp3) is 0.111. The molecule has 0 saturated heterocycles. The number of ether oxygens (including phenoxy) is 1. The van der Waals surface area contributed by atoms with Gasteiger partial charge in [0.25, 0.3) is 0 Å². The van der Waals surface area contributed by atoms with E-state index in [1.165, 1.54) is 18.3 Å². The molecule has 3 rings (SSSR count). The molecule has 0 amide bonds. The molecule has 122 valence electrons. The molecule has 0 N–H and O–H groups in total. The van der Waals surface area contributed by atoms with Crippen molar-refractivity contribution in [1.29, 1.82) is 0 Å². The molecule has 0 saturated carbocycles. The molecule has 1 aromatic heterocycles. The van der Waals surface area contributed by atoms with E-state index in [1.807, 2.05) is 0 Å². The Balaban J connectivity index is 2.35. The molecule has 2 aromatic carbocycles. The van der Waals surface area contributed by atoms with E-state index in [0.29, 0.717) is 21.6 Å². The van der Waals surface area contributed by atoms with Gasteiger partial charge in [-0.2, -0.15) is 0 Å². The predicted octanol–water partition coefficient (Wildman–Crippen LogP) is 3.96. The Hall–Kier alpha value is -2.66. The molecular formula is C18H13ClFNO3. The molecule has 0 atom stereocenters. The normalized spacial score (nSPS) is 10.8. The van der Waals surface area contributed by atoms with Crippen molar-refractivity contribution in [2.24, 2.45) is 0 Å². The first-order valence-electron chi connectivity index (χ1n) is 7.29. The number of carbonyl (C=O) groups is 1. The fourth-order valence-electron chi connectivity index (χ4n) is 2.47. The monoisotopic (exact) mass is 345 g/mol. The van der Waals surface area contributed by atoms with Crippen LogP contribution in [0, 0.1) is 5.82 Å². The molecule has 0 aliphatic rings. The van der Waals surface area contributed by atoms with Crippen LogP contribution in [0.1, 0.15) is 17.3 Å². The number of hydrogen-bond donors (Lipinski definition) is 0. The molecule has 3 aromatic rings. The molecule has 0 aliphatic carbocycles. The number of pyridine rings is 1. The Morgan fingerprint density at radius 3 is 2.58 bits per heavy atom. The van der Waals surface area contributed by atoms with Gasteiger partial charge in [0.1, 0.15) is 11.4 Å². The molecule has 4 nitrogen and oxygen atoms in total. The summed E-state index contributed by atoms with van der Waals surface area (Å²) >= 11 is 6.04. The molecule has 24 heavy (non-hydrogen) atoms. The van der Waals surface area contributed by atoms with Crippen LogP contribution < -0.4 is 5.43 Å². The zero-order chi connectivity index (χ0) is 17.3. The van der Waals surface area contributed by atoms with E-state index in [4.69, 9.17) is 16.3 Å². The summed E-state index contributed by atoms with van der Waals surface area (Å²) < 4.78 is 19.8. The maximum atomic E-state index is 13.2. The van der Waals surface area contributed by atoms with Crippen molar-refractivity contribution < 1.29 is 13.9 Å². The number of fused-ring (bicyclic) bond motifs is 1. The van der Waals surface area contributed by atoms with Gasteiger partial charge in [0.15, 0.2) is 0 Å². The van der Waals surface area contributed by atoms with Gasteiger partial charge in [-0.15, -0.1) is 0 Å². The number of nitrogens with zero attached hydrogens (tertiary/aromatic N) is 1. The Morgan fingerprint density at radius 1 is 1.21 bits per heavy atom. The highest BCUT2D eigenvalue weighted by Gasteiger charge is 2.17. The van der Waals surface area contributed by atoms with E-state index in [-0.39, 0.29) is 18.0 Å². The van der Waals surface area contributed by atoms with Crippen LogP contribution in [0.3, 0.4) is 0 Å². The minimum atomic E-state index is -0.699. The summed E-state index contributed by atoms with van der Waals surface area (Å²) in [7, 11) is 0. The largest absolute Gasteiger partial charge is 0.462 e. The van der Waals surface area contributed by atoms with E-state index in [0.717, 1.165) is 0 Å². The highest BCUT2D eigenvalue weighted by molar-refractivity contribution is 6.31. The van der Waals surface area contributed by atoms with Crippen LogP contribution in [0.4, 0.5) is 4.39 Å². The minimum Gasteiger partial charge on any atom is -0.462 e. The maximum Gasteiger partial charge on any atom is 0.343 e. The Labute approximate surface area is 142 Å². The van der Waals surface area contributed by atoms with Gasteiger partial charge < -0.3 is 9.30 Å². The van der Waals surface area contributed by atoms with Crippen molar-refractivity contribution in [3.63, 3.8) is 0 Å². The van der Waals surface area contributed by atoms with Crippen molar-refractivity contribution in [2.45, 2.75) is 6.92 Å². The molecule has 6 heteroatoms. The molecule has 0 aliphatic heterocycles. The molecular weight excluding hydrogens is 333 g/mol. The second-order valence-electron chi connectivity index (χ2n) is 5.10. The van der Waals surface area contributed by atoms with Gasteiger partial charge in [0.05, 0.1) is 12.1 Å². The summed E-state index contributed by atoms with van der Waals surface area (Å²) in [5, 5.41) is 0.774. The SMILES string of the molecule is CCOC(=O)c1cn(-c2ccc(F)cc2)c2cc(Cl)ccc2c1=O. The third-order valence-electron chi connectivity index (χ3n) is 3.57. The lowest BCUT2D eigenvalue weighted by Gasteiger charge is -2.13. The Bertz CT molecular complexity index is 980. The molecule has 1 heterocycles. The second kappa shape index (κ2) is 6.45. The summed E-state index contributed by atoms with van der Waals surface area (Å²) in [6, 6.07) is 10.5. The number of aromatic nitrogens is 1. The Kier molecular flexibility index (Phi) is 4.36. The number of halogens is 2. The summed E-state index contributed by atoms with van der Waals surface area (Å²) in [6.07, 6.45) is 1.40. The molecule has 0 bridgehead atoms. The fourth-order valence-corrected chi connectivity index (χ4v) is 2.63. The maximum absolute atomic E-state index is 13.2. The lowest BCUT2D eigenvalue weighted by Crippen LogP contribution is -2.20. The van der Waals surface area contributed by atoms with Gasteiger partial charge in [0.2, 0.25) is 5.43 Å². The first-order valence-corrected chi connectivity index (χ1v) is 7.67. The third-order valence-corrected chi connectivity index (χ3v) is 3.80. The van der Waals surface area contributed by atoms with E-state index in [9.17, 15) is 14.0 Å². The summed E-state index contributed by atoms with van der Waals surface area (Å²) in [4.78, 5) is 24.7. The average molecular weight is 346 g/mol. The van der Waals surface area contributed by atoms with Crippen molar-refractivity contribution in [2.75, 3.05) is 6.61 Å². The number of carbonyl (C=O) groups excluding carboxylic acids is 1. The van der Waals surface area contributed by atoms with Gasteiger partial charge in [-0.05, 0) is 49.4 Å². The number of benzene rings is 2. The highest BCUT2D eigenvalue weighted by Crippen LogP contribution is 2.22. The highest BCUT2D eigenvalue weighted by atomic mass is 35.5. The van der Waals surface area contributed by atoms with Gasteiger partial charge in [-0.3, -0.25) is 4.79 Å². The Morgan fingerprint density at radius 2 is 1.92 bits per heavy atom. The minimum absolute atomic E-state index is 0.0870. The van der Waals surface area contributed by atoms with Crippen LogP contribution in [-0.4, -0.2) is 17.1 Å². The van der Waals surface area contributed by atoms with E-state index in [1.54, 1.807) is 41.8 Å². The smallest absolute Gasteiger partial charge is 0.343 e. The molecule has 0 unspecified atom stereocenters. The van der Waals surface area contributed by atoms with Crippen molar-refractivity contribution >= 4 is 28.5 Å². The van der Waals surface area contributed by atoms with Gasteiger partial charge >= 0.3 is 5.97 Å². The van der Waals surface area contributed by atoms with Crippen molar-refractivity contribution in [3.8, 4) is 5.69 Å². The van der Waals surface area contributed by atoms with Crippen molar-refractivity contribution in [1.82, 2.24) is 4.57 Å². The first kappa shape index (κ1) is 16.2. The summed E-state index contributed by atoms with van der Waals surface area (Å²) in [5.74, 6) is -1.08. The zero-order valence-corrected chi connectivity index (χ0v) is 13.5. The summed E-state index contributed by atoms with van der Waals surface area (Å²) in [6.45, 7) is 1.82. The van der Waals surface area contributed by atoms with E-state index < -0.39 is 11.4 Å². The third kappa shape index (κ3) is 2.90. The molecule has 0 radical (unpaired) electrons. The molecule has 0 spiro atoms. The number of esters is 1. The van der Waals surface area contributed by atoms with Crippen LogP contribution in [0.25, 0.3) is 16.6 Å². The van der Waals surface area contributed by atoms with Crippen LogP contribution in [0.2, 0.25) is 5.02 Å².